The SMILES string of the molecule is Cc1nn(C)cc1NS(=O)(=O)c1c(F)cc(N)cc1F. The summed E-state index contributed by atoms with van der Waals surface area (Å²) >= 11 is 0. The number of hydrogen-bond donors (Lipinski definition) is 2. The molecule has 1 aromatic heterocycles. The number of hydrogen-bond acceptors (Lipinski definition) is 4. The molecule has 9 heteroatoms. The van der Waals surface area contributed by atoms with Gasteiger partial charge in [-0.25, -0.2) is 17.2 Å². The zero-order chi connectivity index (χ0) is 15.1. The number of aryl methyl sites for hydroxylation is 2. The van der Waals surface area contributed by atoms with E-state index in [4.69, 9.17) is 5.73 Å². The molecule has 0 unspecified atom stereocenters. The van der Waals surface area contributed by atoms with Crippen LogP contribution in [0.4, 0.5) is 20.2 Å². The maximum absolute atomic E-state index is 13.7. The lowest BCUT2D eigenvalue weighted by atomic mass is 10.3. The fourth-order valence-corrected chi connectivity index (χ4v) is 2.96. The summed E-state index contributed by atoms with van der Waals surface area (Å²) in [4.78, 5) is -1.07. The summed E-state index contributed by atoms with van der Waals surface area (Å²) < 4.78 is 54.9. The van der Waals surface area contributed by atoms with Crippen LogP contribution in [0.3, 0.4) is 0 Å². The summed E-state index contributed by atoms with van der Waals surface area (Å²) in [5.41, 5.74) is 5.57. The smallest absolute Gasteiger partial charge is 0.267 e. The van der Waals surface area contributed by atoms with Gasteiger partial charge in [-0.15, -0.1) is 0 Å². The molecule has 2 aromatic rings. The topological polar surface area (TPSA) is 90.0 Å². The fraction of sp³-hybridized carbons (Fsp3) is 0.182. The van der Waals surface area contributed by atoms with Gasteiger partial charge in [0.05, 0.1) is 11.4 Å². The molecule has 0 saturated heterocycles. The largest absolute Gasteiger partial charge is 0.399 e. The molecule has 108 valence electrons. The van der Waals surface area contributed by atoms with Gasteiger partial charge in [-0.3, -0.25) is 9.40 Å². The zero-order valence-corrected chi connectivity index (χ0v) is 11.5. The zero-order valence-electron chi connectivity index (χ0n) is 10.7. The lowest BCUT2D eigenvalue weighted by molar-refractivity contribution is 0.522. The van der Waals surface area contributed by atoms with Gasteiger partial charge in [0.2, 0.25) is 0 Å². The quantitative estimate of drug-likeness (QED) is 0.838. The number of aromatic nitrogens is 2. The number of anilines is 2. The van der Waals surface area contributed by atoms with Gasteiger partial charge in [-0.2, -0.15) is 5.10 Å². The van der Waals surface area contributed by atoms with Gasteiger partial charge in [-0.1, -0.05) is 0 Å². The number of nitrogens with one attached hydrogen (secondary N) is 1. The first-order valence-electron chi connectivity index (χ1n) is 5.48. The summed E-state index contributed by atoms with van der Waals surface area (Å²) in [5, 5.41) is 3.93. The predicted molar refractivity (Wildman–Crippen MR) is 69.5 cm³/mol. The molecule has 0 atom stereocenters. The van der Waals surface area contributed by atoms with E-state index in [1.165, 1.54) is 10.9 Å². The maximum Gasteiger partial charge on any atom is 0.267 e. The van der Waals surface area contributed by atoms with Crippen LogP contribution < -0.4 is 10.5 Å². The second kappa shape index (κ2) is 4.75. The third kappa shape index (κ3) is 2.57. The first-order chi connectivity index (χ1) is 9.20. The van der Waals surface area contributed by atoms with Gasteiger partial charge in [0.15, 0.2) is 4.90 Å². The molecule has 0 saturated carbocycles. The van der Waals surface area contributed by atoms with Gasteiger partial charge in [0.1, 0.15) is 11.6 Å². The molecular weight excluding hydrogens is 290 g/mol. The minimum absolute atomic E-state index is 0.142. The third-order valence-electron chi connectivity index (χ3n) is 2.55. The Kier molecular flexibility index (Phi) is 3.38. The molecule has 0 aliphatic rings. The third-order valence-corrected chi connectivity index (χ3v) is 3.96. The average molecular weight is 302 g/mol. The van der Waals surface area contributed by atoms with Crippen LogP contribution in [-0.2, 0) is 17.1 Å². The van der Waals surface area contributed by atoms with E-state index >= 15 is 0 Å². The van der Waals surface area contributed by atoms with Crippen molar-refractivity contribution in [2.24, 2.45) is 7.05 Å². The minimum Gasteiger partial charge on any atom is -0.399 e. The summed E-state index contributed by atoms with van der Waals surface area (Å²) in [6, 6.07) is 1.49. The molecule has 0 radical (unpaired) electrons. The van der Waals surface area contributed by atoms with Gasteiger partial charge >= 0.3 is 0 Å². The molecule has 3 N–H and O–H groups in total. The van der Waals surface area contributed by atoms with Crippen LogP contribution >= 0.6 is 0 Å². The van der Waals surface area contributed by atoms with Crippen LogP contribution in [0.2, 0.25) is 0 Å². The Labute approximate surface area is 114 Å². The summed E-state index contributed by atoms with van der Waals surface area (Å²) in [6.45, 7) is 1.56. The van der Waals surface area contributed by atoms with Crippen molar-refractivity contribution < 1.29 is 17.2 Å². The van der Waals surface area contributed by atoms with Gasteiger partial charge in [-0.05, 0) is 19.1 Å². The Hall–Kier alpha value is -2.16. The van der Waals surface area contributed by atoms with E-state index in [1.807, 2.05) is 0 Å². The second-order valence-electron chi connectivity index (χ2n) is 4.22. The van der Waals surface area contributed by atoms with E-state index in [9.17, 15) is 17.2 Å². The van der Waals surface area contributed by atoms with Gasteiger partial charge in [0, 0.05) is 18.9 Å². The van der Waals surface area contributed by atoms with Crippen molar-refractivity contribution in [3.05, 3.63) is 35.7 Å². The molecule has 1 heterocycles. The molecule has 0 aliphatic heterocycles. The van der Waals surface area contributed by atoms with Crippen LogP contribution in [0.25, 0.3) is 0 Å². The van der Waals surface area contributed by atoms with E-state index in [0.717, 1.165) is 12.1 Å². The first kappa shape index (κ1) is 14.3. The van der Waals surface area contributed by atoms with Crippen LogP contribution in [0.15, 0.2) is 23.2 Å². The number of sulfonamides is 1. The molecule has 0 aliphatic carbocycles. The molecule has 6 nitrogen and oxygen atoms in total. The number of halogens is 2. The maximum atomic E-state index is 13.7. The summed E-state index contributed by atoms with van der Waals surface area (Å²) in [7, 11) is -2.82. The lowest BCUT2D eigenvalue weighted by Crippen LogP contribution is -2.17. The Balaban J connectivity index is 2.49. The Morgan fingerprint density at radius 3 is 2.30 bits per heavy atom. The molecule has 1 aromatic carbocycles. The van der Waals surface area contributed by atoms with Crippen LogP contribution in [0.5, 0.6) is 0 Å². The number of nitrogen functional groups attached to an aromatic ring is 1. The van der Waals surface area contributed by atoms with Crippen LogP contribution in [0, 0.1) is 18.6 Å². The van der Waals surface area contributed by atoms with Crippen molar-refractivity contribution in [2.45, 2.75) is 11.8 Å². The van der Waals surface area contributed by atoms with Gasteiger partial charge in [0.25, 0.3) is 10.0 Å². The molecule has 0 spiro atoms. The average Bonchev–Trinajstić information content (AvgIpc) is 2.53. The monoisotopic (exact) mass is 302 g/mol. The molecular formula is C11H12F2N4O2S. The fourth-order valence-electron chi connectivity index (χ4n) is 1.73. The number of nitrogens with two attached hydrogens (primary N) is 1. The Morgan fingerprint density at radius 2 is 1.85 bits per heavy atom. The number of rotatable bonds is 3. The summed E-state index contributed by atoms with van der Waals surface area (Å²) in [5.74, 6) is -2.51. The number of nitrogens with zero attached hydrogens (tertiary/aromatic N) is 2. The number of benzene rings is 1. The van der Waals surface area contributed by atoms with Crippen molar-refractivity contribution in [2.75, 3.05) is 10.5 Å². The van der Waals surface area contributed by atoms with E-state index < -0.39 is 26.6 Å². The van der Waals surface area contributed by atoms with Crippen molar-refractivity contribution >= 4 is 21.4 Å². The minimum atomic E-state index is -4.41. The van der Waals surface area contributed by atoms with E-state index in [-0.39, 0.29) is 11.4 Å². The predicted octanol–water partition coefficient (Wildman–Crippen LogP) is 1.39. The molecule has 0 fully saturated rings. The van der Waals surface area contributed by atoms with Crippen molar-refractivity contribution in [3.63, 3.8) is 0 Å². The van der Waals surface area contributed by atoms with Crippen molar-refractivity contribution in [3.8, 4) is 0 Å². The van der Waals surface area contributed by atoms with Crippen LogP contribution in [0.1, 0.15) is 5.69 Å². The second-order valence-corrected chi connectivity index (χ2v) is 5.84. The van der Waals surface area contributed by atoms with Crippen molar-refractivity contribution in [1.82, 2.24) is 9.78 Å². The van der Waals surface area contributed by atoms with Gasteiger partial charge < -0.3 is 5.73 Å². The molecule has 0 bridgehead atoms. The molecule has 2 rings (SSSR count). The van der Waals surface area contributed by atoms with Crippen LogP contribution in [-0.4, -0.2) is 18.2 Å². The van der Waals surface area contributed by atoms with Crippen molar-refractivity contribution in [1.29, 1.82) is 0 Å². The lowest BCUT2D eigenvalue weighted by Gasteiger charge is -2.09. The standard InChI is InChI=1S/C11H12F2N4O2S/c1-6-10(5-17(2)15-6)16-20(18,19)11-8(12)3-7(14)4-9(11)13/h3-5,16H,14H2,1-2H3. The highest BCUT2D eigenvalue weighted by atomic mass is 32.2. The summed E-state index contributed by atoms with van der Waals surface area (Å²) in [6.07, 6.45) is 1.39. The van der Waals surface area contributed by atoms with E-state index in [1.54, 1.807) is 14.0 Å². The van der Waals surface area contributed by atoms with E-state index in [0.29, 0.717) is 5.69 Å². The highest BCUT2D eigenvalue weighted by molar-refractivity contribution is 7.92. The highest BCUT2D eigenvalue weighted by Crippen LogP contribution is 2.25. The molecule has 20 heavy (non-hydrogen) atoms. The Morgan fingerprint density at radius 1 is 1.30 bits per heavy atom. The van der Waals surface area contributed by atoms with E-state index in [2.05, 4.69) is 9.82 Å². The first-order valence-corrected chi connectivity index (χ1v) is 6.96. The Bertz CT molecular complexity index is 748. The normalized spacial score (nSPS) is 11.6. The molecule has 0 amide bonds. The highest BCUT2D eigenvalue weighted by Gasteiger charge is 2.25.